The second-order valence-electron chi connectivity index (χ2n) is 8.76. The molecule has 0 amide bonds. The van der Waals surface area contributed by atoms with Gasteiger partial charge in [0.05, 0.1) is 33.0 Å². The van der Waals surface area contributed by atoms with E-state index in [0.29, 0.717) is 30.8 Å². The molecule has 0 aliphatic carbocycles. The number of carbonyl (C=O) groups excluding carboxylic acids is 1. The number of sulfonamides is 1. The Morgan fingerprint density at radius 1 is 0.757 bits per heavy atom. The third kappa shape index (κ3) is 8.33. The highest BCUT2D eigenvalue weighted by molar-refractivity contribution is 7.89. The Labute approximate surface area is 220 Å². The maximum Gasteiger partial charge on any atom is 0.313 e. The van der Waals surface area contributed by atoms with Crippen molar-refractivity contribution in [1.29, 1.82) is 0 Å². The predicted octanol–water partition coefficient (Wildman–Crippen LogP) is 5.16. The Balaban J connectivity index is 1.70. The largest absolute Gasteiger partial charge is 0.497 e. The van der Waals surface area contributed by atoms with Gasteiger partial charge in [-0.15, -0.1) is 0 Å². The summed E-state index contributed by atoms with van der Waals surface area (Å²) in [6.07, 6.45) is 1.53. The molecule has 0 aliphatic rings. The average molecular weight is 526 g/mol. The molecule has 0 aromatic heterocycles. The van der Waals surface area contributed by atoms with E-state index >= 15 is 0 Å². The number of unbranched alkanes of at least 4 members (excludes halogenated alkanes) is 1. The number of ether oxygens (including phenoxy) is 3. The van der Waals surface area contributed by atoms with Crippen molar-refractivity contribution in [2.45, 2.75) is 38.3 Å². The van der Waals surface area contributed by atoms with Gasteiger partial charge in [-0.2, -0.15) is 4.31 Å². The van der Waals surface area contributed by atoms with E-state index in [1.807, 2.05) is 78.9 Å². The first kappa shape index (κ1) is 28.2. The van der Waals surface area contributed by atoms with Crippen LogP contribution in [0.25, 0.3) is 0 Å². The van der Waals surface area contributed by atoms with Crippen LogP contribution in [0.1, 0.15) is 41.9 Å². The first-order valence-electron chi connectivity index (χ1n) is 12.2. The van der Waals surface area contributed by atoms with Crippen molar-refractivity contribution in [2.75, 3.05) is 27.1 Å². The summed E-state index contributed by atoms with van der Waals surface area (Å²) in [5, 5.41) is 0. The molecule has 0 fully saturated rings. The minimum Gasteiger partial charge on any atom is -0.497 e. The van der Waals surface area contributed by atoms with Gasteiger partial charge in [0.15, 0.2) is 0 Å². The highest BCUT2D eigenvalue weighted by Gasteiger charge is 2.24. The maximum atomic E-state index is 13.5. The Bertz CT molecular complexity index is 1160. The molecule has 7 nitrogen and oxygen atoms in total. The molecule has 0 heterocycles. The van der Waals surface area contributed by atoms with Crippen molar-refractivity contribution in [1.82, 2.24) is 4.31 Å². The standard InChI is InChI=1S/C29H35NO6S/c1-34-26-16-12-23(13-17-26)21-30(22-24-14-18-27(35-2)19-15-24)37(32,33)20-8-7-11-28(29(31)36-3)25-9-5-4-6-10-25/h4-6,9-10,12-19,28H,7-8,11,20-22H2,1-3H3. The molecule has 198 valence electrons. The fourth-order valence-electron chi connectivity index (χ4n) is 4.13. The molecule has 8 heteroatoms. The van der Waals surface area contributed by atoms with Crippen molar-refractivity contribution < 1.29 is 27.4 Å². The van der Waals surface area contributed by atoms with Crippen molar-refractivity contribution in [3.63, 3.8) is 0 Å². The van der Waals surface area contributed by atoms with Crippen molar-refractivity contribution in [2.24, 2.45) is 0 Å². The van der Waals surface area contributed by atoms with Crippen LogP contribution in [0.4, 0.5) is 0 Å². The molecule has 0 N–H and O–H groups in total. The summed E-state index contributed by atoms with van der Waals surface area (Å²) in [6, 6.07) is 24.2. The van der Waals surface area contributed by atoms with Crippen LogP contribution in [0.15, 0.2) is 78.9 Å². The molecule has 3 aromatic carbocycles. The van der Waals surface area contributed by atoms with Gasteiger partial charge in [-0.25, -0.2) is 8.42 Å². The van der Waals surface area contributed by atoms with Gasteiger partial charge in [-0.3, -0.25) is 4.79 Å². The van der Waals surface area contributed by atoms with Crippen LogP contribution in [-0.2, 0) is 32.6 Å². The van der Waals surface area contributed by atoms with Crippen molar-refractivity contribution in [3.05, 3.63) is 95.6 Å². The molecule has 3 rings (SSSR count). The average Bonchev–Trinajstić information content (AvgIpc) is 2.93. The zero-order valence-electron chi connectivity index (χ0n) is 21.6. The summed E-state index contributed by atoms with van der Waals surface area (Å²) in [4.78, 5) is 12.3. The van der Waals surface area contributed by atoms with E-state index in [0.717, 1.165) is 16.7 Å². The van der Waals surface area contributed by atoms with E-state index in [9.17, 15) is 13.2 Å². The molecule has 0 bridgehead atoms. The summed E-state index contributed by atoms with van der Waals surface area (Å²) in [7, 11) is 0.981. The number of hydrogen-bond donors (Lipinski definition) is 0. The van der Waals surface area contributed by atoms with Gasteiger partial charge in [0.25, 0.3) is 0 Å². The molecule has 37 heavy (non-hydrogen) atoms. The molecule has 0 saturated carbocycles. The summed E-state index contributed by atoms with van der Waals surface area (Å²) >= 11 is 0. The SMILES string of the molecule is COC(=O)C(CCCCS(=O)(=O)N(Cc1ccc(OC)cc1)Cc1ccc(OC)cc1)c1ccccc1. The van der Waals surface area contributed by atoms with E-state index in [2.05, 4.69) is 0 Å². The molecular weight excluding hydrogens is 490 g/mol. The van der Waals surface area contributed by atoms with E-state index in [-0.39, 0.29) is 24.8 Å². The second-order valence-corrected chi connectivity index (χ2v) is 10.9. The molecule has 0 aliphatic heterocycles. The molecular formula is C29H35NO6S. The Morgan fingerprint density at radius 2 is 1.27 bits per heavy atom. The molecule has 1 atom stereocenters. The minimum atomic E-state index is -3.58. The van der Waals surface area contributed by atoms with Gasteiger partial charge in [-0.1, -0.05) is 61.0 Å². The van der Waals surface area contributed by atoms with Gasteiger partial charge in [0.2, 0.25) is 10.0 Å². The quantitative estimate of drug-likeness (QED) is 0.214. The molecule has 0 radical (unpaired) electrons. The molecule has 3 aromatic rings. The molecule has 1 unspecified atom stereocenters. The first-order valence-corrected chi connectivity index (χ1v) is 13.8. The first-order chi connectivity index (χ1) is 17.9. The second kappa shape index (κ2) is 13.8. The van der Waals surface area contributed by atoms with Crippen LogP contribution in [0.5, 0.6) is 11.5 Å². The Kier molecular flexibility index (Phi) is 10.5. The topological polar surface area (TPSA) is 82.1 Å². The molecule has 0 spiro atoms. The normalized spacial score (nSPS) is 12.2. The fraction of sp³-hybridized carbons (Fsp3) is 0.345. The monoisotopic (exact) mass is 525 g/mol. The number of benzene rings is 3. The van der Waals surface area contributed by atoms with E-state index in [1.165, 1.54) is 11.4 Å². The lowest BCUT2D eigenvalue weighted by atomic mass is 9.94. The number of methoxy groups -OCH3 is 3. The number of esters is 1. The van der Waals surface area contributed by atoms with E-state index in [4.69, 9.17) is 14.2 Å². The van der Waals surface area contributed by atoms with Crippen LogP contribution in [0.2, 0.25) is 0 Å². The third-order valence-corrected chi connectivity index (χ3v) is 8.11. The van der Waals surface area contributed by atoms with Crippen LogP contribution in [-0.4, -0.2) is 45.8 Å². The number of nitrogens with zero attached hydrogens (tertiary/aromatic N) is 1. The summed E-state index contributed by atoms with van der Waals surface area (Å²) in [6.45, 7) is 0.486. The number of hydrogen-bond acceptors (Lipinski definition) is 6. The number of rotatable bonds is 14. The van der Waals surface area contributed by atoms with Crippen molar-refractivity contribution >= 4 is 16.0 Å². The van der Waals surface area contributed by atoms with Gasteiger partial charge in [0, 0.05) is 13.1 Å². The summed E-state index contributed by atoms with van der Waals surface area (Å²) in [5.74, 6) is 0.694. The predicted molar refractivity (Wildman–Crippen MR) is 144 cm³/mol. The van der Waals surface area contributed by atoms with Crippen LogP contribution in [0, 0.1) is 0 Å². The highest BCUT2D eigenvalue weighted by Crippen LogP contribution is 2.25. The maximum absolute atomic E-state index is 13.5. The highest BCUT2D eigenvalue weighted by atomic mass is 32.2. The zero-order chi connectivity index (χ0) is 26.7. The summed E-state index contributed by atoms with van der Waals surface area (Å²) < 4.78 is 43.9. The fourth-order valence-corrected chi connectivity index (χ4v) is 5.65. The van der Waals surface area contributed by atoms with Crippen molar-refractivity contribution in [3.8, 4) is 11.5 Å². The lowest BCUT2D eigenvalue weighted by Gasteiger charge is -2.23. The minimum absolute atomic E-state index is 0.0119. The smallest absolute Gasteiger partial charge is 0.313 e. The zero-order valence-corrected chi connectivity index (χ0v) is 22.4. The van der Waals surface area contributed by atoms with E-state index in [1.54, 1.807) is 14.2 Å². The molecule has 0 saturated heterocycles. The van der Waals surface area contributed by atoms with Crippen LogP contribution >= 0.6 is 0 Å². The Hall–Kier alpha value is -3.36. The van der Waals surface area contributed by atoms with Gasteiger partial charge < -0.3 is 14.2 Å². The van der Waals surface area contributed by atoms with Gasteiger partial charge in [0.1, 0.15) is 11.5 Å². The van der Waals surface area contributed by atoms with Crippen LogP contribution in [0.3, 0.4) is 0 Å². The summed E-state index contributed by atoms with van der Waals surface area (Å²) in [5.41, 5.74) is 2.61. The van der Waals surface area contributed by atoms with Gasteiger partial charge >= 0.3 is 5.97 Å². The van der Waals surface area contributed by atoms with E-state index < -0.39 is 15.9 Å². The Morgan fingerprint density at radius 3 is 1.73 bits per heavy atom. The lowest BCUT2D eigenvalue weighted by Crippen LogP contribution is -2.32. The van der Waals surface area contributed by atoms with Crippen LogP contribution < -0.4 is 9.47 Å². The van der Waals surface area contributed by atoms with Gasteiger partial charge in [-0.05, 0) is 53.8 Å². The third-order valence-electron chi connectivity index (χ3n) is 6.26. The number of carbonyl (C=O) groups is 1. The lowest BCUT2D eigenvalue weighted by molar-refractivity contribution is -0.142.